The first-order valence-corrected chi connectivity index (χ1v) is 5.40. The summed E-state index contributed by atoms with van der Waals surface area (Å²) in [6.07, 6.45) is 10.4. The van der Waals surface area contributed by atoms with E-state index in [1.165, 1.54) is 24.8 Å². The van der Waals surface area contributed by atoms with Gasteiger partial charge >= 0.3 is 0 Å². The number of hydrogen-bond acceptors (Lipinski definition) is 1. The molecule has 0 unspecified atom stereocenters. The Balaban J connectivity index is 2.52. The molecule has 1 rings (SSSR count). The van der Waals surface area contributed by atoms with Gasteiger partial charge in [0.1, 0.15) is 5.76 Å². The molecular formula is C12H20O. The monoisotopic (exact) mass is 180 g/mol. The van der Waals surface area contributed by atoms with Gasteiger partial charge in [-0.3, -0.25) is 0 Å². The summed E-state index contributed by atoms with van der Waals surface area (Å²) in [6, 6.07) is 0. The summed E-state index contributed by atoms with van der Waals surface area (Å²) >= 11 is 0. The maximum Gasteiger partial charge on any atom is 0.118 e. The molecule has 1 nitrogen and oxygen atoms in total. The molecule has 0 aromatic carbocycles. The van der Waals surface area contributed by atoms with Crippen LogP contribution in [0, 0.1) is 0 Å². The second kappa shape index (κ2) is 5.85. The number of ether oxygens (including phenoxy) is 1. The van der Waals surface area contributed by atoms with E-state index >= 15 is 0 Å². The summed E-state index contributed by atoms with van der Waals surface area (Å²) in [5.41, 5.74) is 1.43. The van der Waals surface area contributed by atoms with Gasteiger partial charge in [0.05, 0.1) is 6.61 Å². The maximum atomic E-state index is 5.56. The molecule has 0 bridgehead atoms. The summed E-state index contributed by atoms with van der Waals surface area (Å²) in [5, 5.41) is 0. The third-order valence-electron chi connectivity index (χ3n) is 2.24. The molecule has 1 aliphatic heterocycles. The van der Waals surface area contributed by atoms with Crippen LogP contribution in [-0.2, 0) is 4.74 Å². The lowest BCUT2D eigenvalue weighted by Gasteiger charge is -1.99. The first-order chi connectivity index (χ1) is 6.38. The molecular weight excluding hydrogens is 160 g/mol. The highest BCUT2D eigenvalue weighted by atomic mass is 16.5. The minimum atomic E-state index is 0.880. The fraction of sp³-hybridized carbons (Fsp3) is 0.667. The molecule has 1 saturated heterocycles. The Morgan fingerprint density at radius 2 is 1.85 bits per heavy atom. The van der Waals surface area contributed by atoms with Crippen LogP contribution in [-0.4, -0.2) is 6.61 Å². The van der Waals surface area contributed by atoms with E-state index < -0.39 is 0 Å². The van der Waals surface area contributed by atoms with Gasteiger partial charge in [-0.15, -0.1) is 0 Å². The van der Waals surface area contributed by atoms with E-state index in [9.17, 15) is 0 Å². The highest BCUT2D eigenvalue weighted by Crippen LogP contribution is 2.24. The third kappa shape index (κ3) is 3.25. The summed E-state index contributed by atoms with van der Waals surface area (Å²) in [4.78, 5) is 0. The second-order valence-corrected chi connectivity index (χ2v) is 3.47. The standard InChI is InChI=1S/C12H20O/c1-3-5-7-11-9-10-13-12(11)8-6-4-2/h7-8H,3-6,9-10H2,1-2H3. The van der Waals surface area contributed by atoms with Crippen molar-refractivity contribution in [1.29, 1.82) is 0 Å². The van der Waals surface area contributed by atoms with E-state index in [-0.39, 0.29) is 0 Å². The van der Waals surface area contributed by atoms with Crippen LogP contribution < -0.4 is 0 Å². The van der Waals surface area contributed by atoms with Crippen LogP contribution in [0.15, 0.2) is 23.5 Å². The van der Waals surface area contributed by atoms with E-state index in [0.29, 0.717) is 0 Å². The largest absolute Gasteiger partial charge is 0.493 e. The number of allylic oxidation sites excluding steroid dienone is 3. The number of hydrogen-bond donors (Lipinski definition) is 0. The summed E-state index contributed by atoms with van der Waals surface area (Å²) in [7, 11) is 0. The Morgan fingerprint density at radius 1 is 1.15 bits per heavy atom. The van der Waals surface area contributed by atoms with Crippen LogP contribution in [0.3, 0.4) is 0 Å². The normalized spacial score (nSPS) is 22.6. The Bertz CT molecular complexity index is 179. The predicted molar refractivity (Wildman–Crippen MR) is 56.6 cm³/mol. The van der Waals surface area contributed by atoms with E-state index in [1.807, 2.05) is 0 Å². The average Bonchev–Trinajstić information content (AvgIpc) is 2.59. The molecule has 1 heteroatoms. The molecule has 0 aromatic heterocycles. The Morgan fingerprint density at radius 3 is 2.54 bits per heavy atom. The molecule has 0 saturated carbocycles. The lowest BCUT2D eigenvalue weighted by Crippen LogP contribution is -1.82. The van der Waals surface area contributed by atoms with Crippen LogP contribution in [0.1, 0.15) is 46.0 Å². The summed E-state index contributed by atoms with van der Waals surface area (Å²) < 4.78 is 5.56. The predicted octanol–water partition coefficient (Wildman–Crippen LogP) is 3.82. The van der Waals surface area contributed by atoms with Crippen LogP contribution in [0.4, 0.5) is 0 Å². The van der Waals surface area contributed by atoms with E-state index in [1.54, 1.807) is 0 Å². The fourth-order valence-electron chi connectivity index (χ4n) is 1.47. The molecule has 0 atom stereocenters. The number of unbranched alkanes of at least 4 members (excludes halogenated alkanes) is 2. The van der Waals surface area contributed by atoms with Crippen molar-refractivity contribution in [2.75, 3.05) is 6.61 Å². The van der Waals surface area contributed by atoms with Crippen molar-refractivity contribution in [3.63, 3.8) is 0 Å². The van der Waals surface area contributed by atoms with Crippen LogP contribution in [0.5, 0.6) is 0 Å². The van der Waals surface area contributed by atoms with Crippen molar-refractivity contribution in [3.05, 3.63) is 23.5 Å². The van der Waals surface area contributed by atoms with Gasteiger partial charge in [-0.1, -0.05) is 32.8 Å². The smallest absolute Gasteiger partial charge is 0.118 e. The third-order valence-corrected chi connectivity index (χ3v) is 2.24. The lowest BCUT2D eigenvalue weighted by molar-refractivity contribution is 0.264. The van der Waals surface area contributed by atoms with Gasteiger partial charge in [0.15, 0.2) is 0 Å². The summed E-state index contributed by atoms with van der Waals surface area (Å²) in [5.74, 6) is 1.15. The van der Waals surface area contributed by atoms with Crippen molar-refractivity contribution in [3.8, 4) is 0 Å². The van der Waals surface area contributed by atoms with Crippen molar-refractivity contribution in [1.82, 2.24) is 0 Å². The molecule has 0 aliphatic carbocycles. The van der Waals surface area contributed by atoms with Gasteiger partial charge in [-0.25, -0.2) is 0 Å². The SMILES string of the molecule is CCCC=C1CCOC1=CCCC. The van der Waals surface area contributed by atoms with Crippen LogP contribution in [0.2, 0.25) is 0 Å². The van der Waals surface area contributed by atoms with Crippen LogP contribution in [0.25, 0.3) is 0 Å². The second-order valence-electron chi connectivity index (χ2n) is 3.47. The molecule has 74 valence electrons. The van der Waals surface area contributed by atoms with E-state index in [4.69, 9.17) is 4.74 Å². The Labute approximate surface area is 81.5 Å². The zero-order valence-corrected chi connectivity index (χ0v) is 8.81. The molecule has 13 heavy (non-hydrogen) atoms. The maximum absolute atomic E-state index is 5.56. The van der Waals surface area contributed by atoms with Gasteiger partial charge in [-0.2, -0.15) is 0 Å². The lowest BCUT2D eigenvalue weighted by atomic mass is 10.1. The molecule has 0 amide bonds. The molecule has 0 spiro atoms. The zero-order valence-electron chi connectivity index (χ0n) is 8.81. The fourth-order valence-corrected chi connectivity index (χ4v) is 1.47. The van der Waals surface area contributed by atoms with Crippen LogP contribution >= 0.6 is 0 Å². The van der Waals surface area contributed by atoms with Crippen molar-refractivity contribution >= 4 is 0 Å². The van der Waals surface area contributed by atoms with Gasteiger partial charge in [0.25, 0.3) is 0 Å². The van der Waals surface area contributed by atoms with Gasteiger partial charge in [0.2, 0.25) is 0 Å². The highest BCUT2D eigenvalue weighted by molar-refractivity contribution is 5.28. The topological polar surface area (TPSA) is 9.23 Å². The molecule has 1 fully saturated rings. The first-order valence-electron chi connectivity index (χ1n) is 5.40. The minimum absolute atomic E-state index is 0.880. The van der Waals surface area contributed by atoms with Gasteiger partial charge in [0, 0.05) is 6.42 Å². The summed E-state index contributed by atoms with van der Waals surface area (Å²) in [6.45, 7) is 5.29. The first kappa shape index (κ1) is 10.4. The quantitative estimate of drug-likeness (QED) is 0.639. The van der Waals surface area contributed by atoms with Crippen molar-refractivity contribution in [2.45, 2.75) is 46.0 Å². The number of rotatable bonds is 4. The molecule has 1 aliphatic rings. The molecule has 1 heterocycles. The van der Waals surface area contributed by atoms with E-state index in [0.717, 1.165) is 25.2 Å². The molecule has 0 N–H and O–H groups in total. The molecule has 0 radical (unpaired) electrons. The average molecular weight is 180 g/mol. The van der Waals surface area contributed by atoms with Crippen molar-refractivity contribution < 1.29 is 4.74 Å². The van der Waals surface area contributed by atoms with E-state index in [2.05, 4.69) is 26.0 Å². The van der Waals surface area contributed by atoms with Gasteiger partial charge in [-0.05, 0) is 24.5 Å². The van der Waals surface area contributed by atoms with Crippen molar-refractivity contribution in [2.24, 2.45) is 0 Å². The highest BCUT2D eigenvalue weighted by Gasteiger charge is 2.13. The molecule has 0 aromatic rings. The Kier molecular flexibility index (Phi) is 4.66. The van der Waals surface area contributed by atoms with Gasteiger partial charge < -0.3 is 4.74 Å². The minimum Gasteiger partial charge on any atom is -0.493 e. The Hall–Kier alpha value is -0.720. The zero-order chi connectivity index (χ0) is 9.52.